The number of rotatable bonds is 8. The Labute approximate surface area is 156 Å². The number of allylic oxidation sites excluding steroid dienone is 3. The Balaban J connectivity index is 1.52. The predicted molar refractivity (Wildman–Crippen MR) is 112 cm³/mol. The summed E-state index contributed by atoms with van der Waals surface area (Å²) in [6.45, 7) is 4.14. The minimum absolute atomic E-state index is 0.647. The van der Waals surface area contributed by atoms with Crippen LogP contribution in [0.1, 0.15) is 31.4 Å². The number of fused-ring (bicyclic) bond motifs is 1. The van der Waals surface area contributed by atoms with E-state index in [1.165, 1.54) is 22.3 Å². The summed E-state index contributed by atoms with van der Waals surface area (Å²) in [5.41, 5.74) is 4.35. The van der Waals surface area contributed by atoms with Crippen molar-refractivity contribution >= 4 is 23.1 Å². The van der Waals surface area contributed by atoms with E-state index in [4.69, 9.17) is 4.74 Å². The van der Waals surface area contributed by atoms with Crippen LogP contribution in [-0.4, -0.2) is 11.7 Å². The van der Waals surface area contributed by atoms with Gasteiger partial charge in [-0.25, -0.2) is 11.6 Å². The minimum atomic E-state index is 0.647. The number of hydrogen-bond donors (Lipinski definition) is 0. The van der Waals surface area contributed by atoms with Crippen LogP contribution in [0.3, 0.4) is 0 Å². The second-order valence-electron chi connectivity index (χ2n) is 6.26. The van der Waals surface area contributed by atoms with Crippen molar-refractivity contribution in [2.75, 3.05) is 5.75 Å². The summed E-state index contributed by atoms with van der Waals surface area (Å²) in [5.74, 6) is 3.68. The highest BCUT2D eigenvalue weighted by Gasteiger charge is 2.30. The molecule has 1 aliphatic heterocycles. The van der Waals surface area contributed by atoms with Crippen molar-refractivity contribution in [1.29, 1.82) is 0 Å². The molecule has 0 spiro atoms. The van der Waals surface area contributed by atoms with Gasteiger partial charge in [0.1, 0.15) is 11.5 Å². The summed E-state index contributed by atoms with van der Waals surface area (Å²) < 4.78 is 5.98. The van der Waals surface area contributed by atoms with Crippen LogP contribution in [-0.2, 0) is 12.7 Å². The molecule has 0 unspecified atom stereocenters. The van der Waals surface area contributed by atoms with Gasteiger partial charge in [0.05, 0.1) is 0 Å². The molecule has 1 nitrogen and oxygen atoms in total. The topological polar surface area (TPSA) is 9.23 Å². The quantitative estimate of drug-likeness (QED) is 0.368. The second kappa shape index (κ2) is 9.01. The Hall–Kier alpha value is -1.87. The van der Waals surface area contributed by atoms with Gasteiger partial charge in [-0.3, -0.25) is 0 Å². The van der Waals surface area contributed by atoms with E-state index in [1.807, 2.05) is 19.1 Å². The molecule has 0 amide bonds. The first-order valence-corrected chi connectivity index (χ1v) is 10.1. The molecule has 0 aromatic heterocycles. The van der Waals surface area contributed by atoms with Gasteiger partial charge < -0.3 is 4.74 Å². The summed E-state index contributed by atoms with van der Waals surface area (Å²) >= 11 is 2.07. The lowest BCUT2D eigenvalue weighted by molar-refractivity contribution is 0.442. The Morgan fingerprint density at radius 2 is 2.04 bits per heavy atom. The SMILES string of the molecule is C/C=C(\C=C/CC)Oc1ccc2c(c1)CB2SCCc1ccccc1. The highest BCUT2D eigenvalue weighted by atomic mass is 32.2. The Bertz CT molecular complexity index is 752. The number of ether oxygens (including phenoxy) is 1. The van der Waals surface area contributed by atoms with Crippen molar-refractivity contribution < 1.29 is 4.74 Å². The van der Waals surface area contributed by atoms with Crippen molar-refractivity contribution in [1.82, 2.24) is 0 Å². The zero-order valence-electron chi connectivity index (χ0n) is 15.1. The lowest BCUT2D eigenvalue weighted by Gasteiger charge is -2.27. The zero-order chi connectivity index (χ0) is 17.5. The van der Waals surface area contributed by atoms with Crippen LogP contribution in [0.25, 0.3) is 0 Å². The summed E-state index contributed by atoms with van der Waals surface area (Å²) in [6.07, 6.45) is 9.49. The third-order valence-corrected chi connectivity index (χ3v) is 5.72. The second-order valence-corrected chi connectivity index (χ2v) is 7.57. The Morgan fingerprint density at radius 1 is 1.20 bits per heavy atom. The fourth-order valence-corrected chi connectivity index (χ4v) is 4.33. The molecule has 1 aliphatic rings. The zero-order valence-corrected chi connectivity index (χ0v) is 15.9. The molecule has 0 aliphatic carbocycles. The number of benzene rings is 2. The molecule has 0 fully saturated rings. The van der Waals surface area contributed by atoms with Gasteiger partial charge in [-0.2, -0.15) is 0 Å². The molecule has 25 heavy (non-hydrogen) atoms. The lowest BCUT2D eigenvalue weighted by atomic mass is 9.51. The van der Waals surface area contributed by atoms with Crippen LogP contribution in [0.15, 0.2) is 72.5 Å². The Morgan fingerprint density at radius 3 is 2.76 bits per heavy atom. The molecule has 128 valence electrons. The maximum absolute atomic E-state index is 5.98. The monoisotopic (exact) mass is 348 g/mol. The summed E-state index contributed by atoms with van der Waals surface area (Å²) in [4.78, 5) is 0. The van der Waals surface area contributed by atoms with Crippen molar-refractivity contribution in [3.8, 4) is 5.75 Å². The maximum atomic E-state index is 5.98. The van der Waals surface area contributed by atoms with Gasteiger partial charge in [-0.05, 0) is 61.7 Å². The highest BCUT2D eigenvalue weighted by molar-refractivity contribution is 8.27. The summed E-state index contributed by atoms with van der Waals surface area (Å²) in [7, 11) is 0. The molecule has 3 heteroatoms. The smallest absolute Gasteiger partial charge is 0.246 e. The maximum Gasteiger partial charge on any atom is 0.246 e. The molecule has 0 radical (unpaired) electrons. The van der Waals surface area contributed by atoms with Crippen molar-refractivity contribution in [3.05, 3.63) is 83.6 Å². The Kier molecular flexibility index (Phi) is 6.46. The van der Waals surface area contributed by atoms with E-state index >= 15 is 0 Å². The van der Waals surface area contributed by atoms with Crippen LogP contribution >= 0.6 is 11.6 Å². The molecular formula is C22H25BOS. The van der Waals surface area contributed by atoms with Crippen LogP contribution in [0, 0.1) is 0 Å². The molecular weight excluding hydrogens is 323 g/mol. The fraction of sp³-hybridized carbons (Fsp3) is 0.273. The van der Waals surface area contributed by atoms with E-state index in [2.05, 4.69) is 73.1 Å². The third kappa shape index (κ3) is 4.82. The van der Waals surface area contributed by atoms with Crippen molar-refractivity contribution in [2.45, 2.75) is 33.0 Å². The first-order chi connectivity index (χ1) is 12.3. The van der Waals surface area contributed by atoms with Crippen molar-refractivity contribution in [2.24, 2.45) is 0 Å². The predicted octanol–water partition coefficient (Wildman–Crippen LogP) is 5.21. The van der Waals surface area contributed by atoms with Gasteiger partial charge in [0.2, 0.25) is 5.99 Å². The van der Waals surface area contributed by atoms with E-state index in [1.54, 1.807) is 0 Å². The normalized spacial score (nSPS) is 13.7. The number of aryl methyl sites for hydroxylation is 1. The average molecular weight is 348 g/mol. The highest BCUT2D eigenvalue weighted by Crippen LogP contribution is 2.27. The van der Waals surface area contributed by atoms with Gasteiger partial charge in [0.25, 0.3) is 0 Å². The summed E-state index contributed by atoms with van der Waals surface area (Å²) in [6, 6.07) is 17.3. The number of hydrogen-bond acceptors (Lipinski definition) is 2. The van der Waals surface area contributed by atoms with E-state index in [9.17, 15) is 0 Å². The van der Waals surface area contributed by atoms with E-state index in [0.717, 1.165) is 30.7 Å². The summed E-state index contributed by atoms with van der Waals surface area (Å²) in [5, 5.41) is 0. The molecule has 0 bridgehead atoms. The van der Waals surface area contributed by atoms with Gasteiger partial charge in [0, 0.05) is 0 Å². The molecule has 0 saturated heterocycles. The van der Waals surface area contributed by atoms with E-state index < -0.39 is 0 Å². The minimum Gasteiger partial charge on any atom is -0.458 e. The first kappa shape index (κ1) is 17.9. The van der Waals surface area contributed by atoms with Crippen LogP contribution < -0.4 is 10.2 Å². The van der Waals surface area contributed by atoms with Crippen LogP contribution in [0.2, 0.25) is 0 Å². The van der Waals surface area contributed by atoms with Crippen LogP contribution in [0.5, 0.6) is 5.75 Å². The lowest BCUT2D eigenvalue weighted by Crippen LogP contribution is -2.44. The average Bonchev–Trinajstić information content (AvgIpc) is 2.63. The molecule has 0 N–H and O–H groups in total. The third-order valence-electron chi connectivity index (χ3n) is 4.46. The van der Waals surface area contributed by atoms with Crippen molar-refractivity contribution in [3.63, 3.8) is 0 Å². The van der Waals surface area contributed by atoms with E-state index in [-0.39, 0.29) is 0 Å². The van der Waals surface area contributed by atoms with Gasteiger partial charge in [0.15, 0.2) is 0 Å². The van der Waals surface area contributed by atoms with Gasteiger partial charge in [-0.15, -0.1) is 0 Å². The molecule has 3 rings (SSSR count). The van der Waals surface area contributed by atoms with E-state index in [0.29, 0.717) is 5.99 Å². The van der Waals surface area contributed by atoms with Crippen LogP contribution in [0.4, 0.5) is 0 Å². The molecule has 0 atom stereocenters. The molecule has 2 aromatic carbocycles. The standard InChI is InChI=1S/C22H25BOS/c1-3-5-11-20(4-2)24-21-12-13-22-19(16-21)17-23(22)25-15-14-18-9-7-6-8-10-18/h4-13,16H,3,14-15,17H2,1-2H3/b11-5-,20-4+. The van der Waals surface area contributed by atoms with Gasteiger partial charge >= 0.3 is 0 Å². The van der Waals surface area contributed by atoms with Gasteiger partial charge in [-0.1, -0.05) is 60.4 Å². The first-order valence-electron chi connectivity index (χ1n) is 9.09. The fourth-order valence-electron chi connectivity index (χ4n) is 2.99. The molecule has 0 saturated carbocycles. The molecule has 1 heterocycles. The largest absolute Gasteiger partial charge is 0.458 e. The molecule has 2 aromatic rings.